The number of halogens is 5. The molecular weight excluding hydrogens is 608 g/mol. The second-order valence-electron chi connectivity index (χ2n) is 8.15. The third-order valence-corrected chi connectivity index (χ3v) is 8.94. The van der Waals surface area contributed by atoms with Crippen molar-refractivity contribution in [3.05, 3.63) is 57.6 Å². The molecule has 6 N–H and O–H groups in total. The fourth-order valence-electron chi connectivity index (χ4n) is 3.51. The molecule has 0 spiro atoms. The van der Waals surface area contributed by atoms with Crippen LogP contribution in [0.4, 0.5) is 13.2 Å². The van der Waals surface area contributed by atoms with Gasteiger partial charge in [0.2, 0.25) is 5.91 Å². The van der Waals surface area contributed by atoms with Gasteiger partial charge in [-0.05, 0) is 42.8 Å². The van der Waals surface area contributed by atoms with E-state index in [1.54, 1.807) is 6.07 Å². The number of fused-ring (bicyclic) bond motifs is 1. The van der Waals surface area contributed by atoms with Crippen LogP contribution < -0.4 is 10.5 Å². The third-order valence-electron chi connectivity index (χ3n) is 5.38. The molecule has 2 aromatic carbocycles. The van der Waals surface area contributed by atoms with E-state index in [1.807, 2.05) is 0 Å². The highest BCUT2D eigenvalue weighted by molar-refractivity contribution is 7.91. The van der Waals surface area contributed by atoms with Crippen molar-refractivity contribution in [3.8, 4) is 5.75 Å². The lowest BCUT2D eigenvalue weighted by Gasteiger charge is -2.18. The molecule has 4 rings (SSSR count). The zero-order valence-corrected chi connectivity index (χ0v) is 22.6. The molecule has 3 aromatic rings. The molecule has 210 valence electrons. The Balaban J connectivity index is 0.000000532. The average molecular weight is 627 g/mol. The van der Waals surface area contributed by atoms with Crippen molar-refractivity contribution in [2.24, 2.45) is 5.73 Å². The van der Waals surface area contributed by atoms with Gasteiger partial charge in [0, 0.05) is 39.3 Å². The summed E-state index contributed by atoms with van der Waals surface area (Å²) in [5.41, 5.74) is 6.33. The lowest BCUT2D eigenvalue weighted by Crippen LogP contribution is -2.41. The van der Waals surface area contributed by atoms with Crippen molar-refractivity contribution in [2.75, 3.05) is 6.54 Å². The van der Waals surface area contributed by atoms with E-state index in [1.165, 1.54) is 35.2 Å². The van der Waals surface area contributed by atoms with E-state index in [2.05, 4.69) is 4.72 Å². The Bertz CT molecular complexity index is 1560. The number of aromatic hydroxyl groups is 1. The summed E-state index contributed by atoms with van der Waals surface area (Å²) in [6, 6.07) is 8.16. The summed E-state index contributed by atoms with van der Waals surface area (Å²) in [5.74, 6) is -3.35. The van der Waals surface area contributed by atoms with Crippen LogP contribution in [0.25, 0.3) is 10.1 Å². The predicted octanol–water partition coefficient (Wildman–Crippen LogP) is 3.91. The number of alkyl halides is 3. The molecule has 0 bridgehead atoms. The SMILES string of the molecule is N=C(N)c1ccc(O)c(CN2CC[C@H](NS(=O)(=O)c3cc4c(Cl)cc(Cl)cc4s3)C2=O)c1.O=C(O)C(F)(F)F. The Kier molecular flexibility index (Phi) is 9.02. The summed E-state index contributed by atoms with van der Waals surface area (Å²) in [6.07, 6.45) is -4.80. The number of nitrogen functional groups attached to an aromatic ring is 1. The number of likely N-dealkylation sites (tertiary alicyclic amines) is 1. The van der Waals surface area contributed by atoms with Gasteiger partial charge >= 0.3 is 12.1 Å². The van der Waals surface area contributed by atoms with Crippen LogP contribution in [0.5, 0.6) is 5.75 Å². The van der Waals surface area contributed by atoms with Crippen molar-refractivity contribution in [1.29, 1.82) is 5.41 Å². The van der Waals surface area contributed by atoms with E-state index in [-0.39, 0.29) is 28.8 Å². The van der Waals surface area contributed by atoms with E-state index < -0.39 is 34.1 Å². The maximum Gasteiger partial charge on any atom is 0.490 e. The smallest absolute Gasteiger partial charge is 0.490 e. The van der Waals surface area contributed by atoms with Crippen LogP contribution in [0.1, 0.15) is 17.5 Å². The van der Waals surface area contributed by atoms with Crippen LogP contribution >= 0.6 is 34.5 Å². The monoisotopic (exact) mass is 626 g/mol. The topological polar surface area (TPSA) is 174 Å². The molecule has 39 heavy (non-hydrogen) atoms. The quantitative estimate of drug-likeness (QED) is 0.204. The highest BCUT2D eigenvalue weighted by atomic mass is 35.5. The summed E-state index contributed by atoms with van der Waals surface area (Å²) in [5, 5.41) is 26.1. The van der Waals surface area contributed by atoms with Gasteiger partial charge in [-0.2, -0.15) is 17.9 Å². The van der Waals surface area contributed by atoms with E-state index in [9.17, 15) is 31.5 Å². The number of sulfonamides is 1. The number of aliphatic carboxylic acids is 1. The molecule has 0 saturated carbocycles. The van der Waals surface area contributed by atoms with Gasteiger partial charge in [-0.1, -0.05) is 23.2 Å². The third kappa shape index (κ3) is 7.30. The normalized spacial score (nSPS) is 15.8. The number of phenolic OH excluding ortho intramolecular Hbond substituents is 1. The first-order chi connectivity index (χ1) is 18.0. The van der Waals surface area contributed by atoms with Crippen molar-refractivity contribution in [1.82, 2.24) is 9.62 Å². The minimum Gasteiger partial charge on any atom is -0.508 e. The number of nitrogens with one attached hydrogen (secondary N) is 2. The largest absolute Gasteiger partial charge is 0.508 e. The Labute approximate surface area is 233 Å². The first-order valence-electron chi connectivity index (χ1n) is 10.7. The zero-order chi connectivity index (χ0) is 29.3. The van der Waals surface area contributed by atoms with Gasteiger partial charge in [-0.15, -0.1) is 11.3 Å². The number of carboxylic acid groups (broad SMARTS) is 1. The molecule has 1 amide bonds. The number of thiophene rings is 1. The summed E-state index contributed by atoms with van der Waals surface area (Å²) < 4.78 is 60.7. The van der Waals surface area contributed by atoms with Gasteiger partial charge in [-0.3, -0.25) is 10.2 Å². The van der Waals surface area contributed by atoms with Crippen molar-refractivity contribution in [2.45, 2.75) is 29.4 Å². The minimum atomic E-state index is -5.08. The number of phenols is 1. The number of carboxylic acids is 1. The van der Waals surface area contributed by atoms with Gasteiger partial charge in [0.25, 0.3) is 10.0 Å². The highest BCUT2D eigenvalue weighted by Gasteiger charge is 2.38. The zero-order valence-electron chi connectivity index (χ0n) is 19.4. The minimum absolute atomic E-state index is 0.0346. The molecular formula is C22H19Cl2F3N4O6S2. The second kappa shape index (κ2) is 11.6. The molecule has 17 heteroatoms. The fraction of sp³-hybridized carbons (Fsp3) is 0.227. The van der Waals surface area contributed by atoms with Gasteiger partial charge in [0.05, 0.1) is 5.02 Å². The number of hydrogen-bond acceptors (Lipinski definition) is 7. The van der Waals surface area contributed by atoms with E-state index >= 15 is 0 Å². The molecule has 1 fully saturated rings. The summed E-state index contributed by atoms with van der Waals surface area (Å²) in [4.78, 5) is 23.2. The average Bonchev–Trinajstić information content (AvgIpc) is 3.40. The number of hydrogen-bond donors (Lipinski definition) is 5. The molecule has 1 atom stereocenters. The molecule has 1 aliphatic heterocycles. The molecule has 10 nitrogen and oxygen atoms in total. The first-order valence-corrected chi connectivity index (χ1v) is 13.7. The number of carbonyl (C=O) groups is 2. The molecule has 1 aromatic heterocycles. The Morgan fingerprint density at radius 3 is 2.46 bits per heavy atom. The molecule has 2 heterocycles. The van der Waals surface area contributed by atoms with E-state index in [0.29, 0.717) is 37.8 Å². The summed E-state index contributed by atoms with van der Waals surface area (Å²) in [7, 11) is -3.97. The van der Waals surface area contributed by atoms with Crippen molar-refractivity contribution >= 4 is 72.4 Å². The van der Waals surface area contributed by atoms with Crippen LogP contribution in [0.15, 0.2) is 40.6 Å². The van der Waals surface area contributed by atoms with Crippen LogP contribution in [0.2, 0.25) is 10.0 Å². The van der Waals surface area contributed by atoms with E-state index in [4.69, 9.17) is 44.2 Å². The Morgan fingerprint density at radius 1 is 1.23 bits per heavy atom. The van der Waals surface area contributed by atoms with Gasteiger partial charge in [0.15, 0.2) is 0 Å². The van der Waals surface area contributed by atoms with Gasteiger partial charge in [-0.25, -0.2) is 13.2 Å². The predicted molar refractivity (Wildman–Crippen MR) is 139 cm³/mol. The molecule has 1 aliphatic rings. The van der Waals surface area contributed by atoms with Crippen LogP contribution in [0.3, 0.4) is 0 Å². The number of nitrogens with two attached hydrogens (primary N) is 1. The molecule has 1 saturated heterocycles. The van der Waals surface area contributed by atoms with Crippen molar-refractivity contribution < 1.29 is 41.4 Å². The summed E-state index contributed by atoms with van der Waals surface area (Å²) in [6.45, 7) is 0.380. The second-order valence-corrected chi connectivity index (χ2v) is 12.0. The lowest BCUT2D eigenvalue weighted by molar-refractivity contribution is -0.192. The number of amides is 1. The maximum atomic E-state index is 12.9. The Morgan fingerprint density at radius 2 is 1.87 bits per heavy atom. The molecule has 0 aliphatic carbocycles. The van der Waals surface area contributed by atoms with Crippen molar-refractivity contribution in [3.63, 3.8) is 0 Å². The van der Waals surface area contributed by atoms with Gasteiger partial charge < -0.3 is 20.8 Å². The number of benzene rings is 2. The summed E-state index contributed by atoms with van der Waals surface area (Å²) >= 11 is 13.2. The number of rotatable bonds is 6. The maximum absolute atomic E-state index is 12.9. The highest BCUT2D eigenvalue weighted by Crippen LogP contribution is 2.36. The molecule has 0 unspecified atom stereocenters. The standard InChI is InChI=1S/C20H18Cl2N4O4S2.C2HF3O2/c21-12-6-14(22)13-8-18(31-17(13)7-12)32(29,30)25-15-3-4-26(20(15)28)9-11-5-10(19(23)24)1-2-16(11)27;3-2(4,5)1(6)7/h1-2,5-8,15,25,27H,3-4,9H2,(H3,23,24);(H,6,7)/t15-;/m0./s1. The number of amidine groups is 1. The Hall–Kier alpha value is -3.11. The first kappa shape index (κ1) is 30.4. The molecule has 0 radical (unpaired) electrons. The van der Waals surface area contributed by atoms with Gasteiger partial charge in [0.1, 0.15) is 21.8 Å². The fourth-order valence-corrected chi connectivity index (χ4v) is 6.87. The van der Waals surface area contributed by atoms with Crippen LogP contribution in [-0.2, 0) is 26.2 Å². The number of nitrogens with zero attached hydrogens (tertiary/aromatic N) is 1. The van der Waals surface area contributed by atoms with Crippen LogP contribution in [-0.4, -0.2) is 60.0 Å². The van der Waals surface area contributed by atoms with E-state index in [0.717, 1.165) is 11.3 Å². The number of carbonyl (C=O) groups excluding carboxylic acids is 1. The van der Waals surface area contributed by atoms with Crippen LogP contribution in [0, 0.1) is 5.41 Å². The lowest BCUT2D eigenvalue weighted by atomic mass is 10.1.